The van der Waals surface area contributed by atoms with Gasteiger partial charge in [0, 0.05) is 6.54 Å². The zero-order valence-corrected chi connectivity index (χ0v) is 16.6. The van der Waals surface area contributed by atoms with Gasteiger partial charge in [-0.3, -0.25) is 9.69 Å². The van der Waals surface area contributed by atoms with Gasteiger partial charge in [0.15, 0.2) is 16.7 Å². The molecule has 6 heteroatoms. The molecule has 1 N–H and O–H groups in total. The van der Waals surface area contributed by atoms with Crippen molar-refractivity contribution in [2.75, 3.05) is 13.7 Å². The molecule has 1 saturated heterocycles. The van der Waals surface area contributed by atoms with Gasteiger partial charge in [0.25, 0.3) is 5.91 Å². The molecule has 0 aromatic heterocycles. The van der Waals surface area contributed by atoms with E-state index in [2.05, 4.69) is 11.9 Å². The van der Waals surface area contributed by atoms with Crippen LogP contribution < -0.4 is 4.74 Å². The number of hydrogen-bond donors (Lipinski definition) is 1. The Kier molecular flexibility index (Phi) is 5.56. The summed E-state index contributed by atoms with van der Waals surface area (Å²) in [5.74, 6) is 0.366. The summed E-state index contributed by atoms with van der Waals surface area (Å²) in [5.41, 5.74) is 3.99. The molecule has 0 saturated carbocycles. The standard InChI is InChI=1S/C21H22N2O3S/c1-5-23-20(25)19(12-15-7-9-17(24)18(11-15)26-4)27-21(23)22-16-8-6-13(2)14(3)10-16/h6-12,24H,5H2,1-4H3/b19-12+,22-21?. The number of methoxy groups -OCH3 is 1. The topological polar surface area (TPSA) is 62.1 Å². The number of carbonyl (C=O) groups is 1. The first-order valence-electron chi connectivity index (χ1n) is 8.67. The van der Waals surface area contributed by atoms with Crippen molar-refractivity contribution in [2.24, 2.45) is 4.99 Å². The number of amides is 1. The smallest absolute Gasteiger partial charge is 0.266 e. The molecule has 0 atom stereocenters. The molecule has 1 aliphatic heterocycles. The lowest BCUT2D eigenvalue weighted by atomic mass is 10.1. The summed E-state index contributed by atoms with van der Waals surface area (Å²) >= 11 is 1.35. The Morgan fingerprint density at radius 1 is 1.19 bits per heavy atom. The normalized spacial score (nSPS) is 17.2. The average molecular weight is 382 g/mol. The Morgan fingerprint density at radius 3 is 2.63 bits per heavy atom. The van der Waals surface area contributed by atoms with Crippen LogP contribution >= 0.6 is 11.8 Å². The van der Waals surface area contributed by atoms with E-state index in [0.29, 0.717) is 22.4 Å². The van der Waals surface area contributed by atoms with Gasteiger partial charge in [0.1, 0.15) is 0 Å². The van der Waals surface area contributed by atoms with Crippen molar-refractivity contribution in [3.8, 4) is 11.5 Å². The molecule has 2 aromatic carbocycles. The van der Waals surface area contributed by atoms with Crippen molar-refractivity contribution in [1.29, 1.82) is 0 Å². The Morgan fingerprint density at radius 2 is 1.96 bits per heavy atom. The van der Waals surface area contributed by atoms with E-state index in [1.54, 1.807) is 29.2 Å². The highest BCUT2D eigenvalue weighted by Crippen LogP contribution is 2.35. The first-order chi connectivity index (χ1) is 12.9. The van der Waals surface area contributed by atoms with Gasteiger partial charge in [0.05, 0.1) is 17.7 Å². The fraction of sp³-hybridized carbons (Fsp3) is 0.238. The third-order valence-corrected chi connectivity index (χ3v) is 5.43. The molecule has 2 aromatic rings. The van der Waals surface area contributed by atoms with Crippen LogP contribution in [-0.4, -0.2) is 34.7 Å². The fourth-order valence-electron chi connectivity index (χ4n) is 2.71. The second-order valence-electron chi connectivity index (χ2n) is 6.25. The van der Waals surface area contributed by atoms with Crippen LogP contribution in [0.1, 0.15) is 23.6 Å². The van der Waals surface area contributed by atoms with Crippen molar-refractivity contribution in [2.45, 2.75) is 20.8 Å². The lowest BCUT2D eigenvalue weighted by Crippen LogP contribution is -2.28. The molecule has 5 nitrogen and oxygen atoms in total. The van der Waals surface area contributed by atoms with Crippen LogP contribution in [0.4, 0.5) is 5.69 Å². The molecule has 0 spiro atoms. The molecule has 140 valence electrons. The molecule has 3 rings (SSSR count). The number of aromatic hydroxyl groups is 1. The quantitative estimate of drug-likeness (QED) is 0.783. The third kappa shape index (κ3) is 4.01. The fourth-order valence-corrected chi connectivity index (χ4v) is 3.77. The van der Waals surface area contributed by atoms with Crippen molar-refractivity contribution < 1.29 is 14.6 Å². The van der Waals surface area contributed by atoms with Crippen molar-refractivity contribution in [3.63, 3.8) is 0 Å². The van der Waals surface area contributed by atoms with E-state index in [-0.39, 0.29) is 11.7 Å². The van der Waals surface area contributed by atoms with Gasteiger partial charge in [0.2, 0.25) is 0 Å². The lowest BCUT2D eigenvalue weighted by Gasteiger charge is -2.12. The minimum Gasteiger partial charge on any atom is -0.504 e. The number of hydrogen-bond acceptors (Lipinski definition) is 5. The third-order valence-electron chi connectivity index (χ3n) is 4.42. The molecular formula is C21H22N2O3S. The van der Waals surface area contributed by atoms with Gasteiger partial charge in [-0.05, 0) is 79.6 Å². The number of phenols is 1. The Labute approximate surface area is 163 Å². The molecule has 0 unspecified atom stereocenters. The molecule has 0 bridgehead atoms. The van der Waals surface area contributed by atoms with Crippen LogP contribution in [0.15, 0.2) is 46.3 Å². The first-order valence-corrected chi connectivity index (χ1v) is 9.49. The number of benzene rings is 2. The zero-order valence-electron chi connectivity index (χ0n) is 15.8. The largest absolute Gasteiger partial charge is 0.504 e. The van der Waals surface area contributed by atoms with Gasteiger partial charge in [-0.2, -0.15) is 0 Å². The molecule has 1 amide bonds. The lowest BCUT2D eigenvalue weighted by molar-refractivity contribution is -0.122. The number of aryl methyl sites for hydroxylation is 2. The Bertz CT molecular complexity index is 950. The average Bonchev–Trinajstić information content (AvgIpc) is 2.94. The number of nitrogens with zero attached hydrogens (tertiary/aromatic N) is 2. The van der Waals surface area contributed by atoms with Gasteiger partial charge in [-0.1, -0.05) is 12.1 Å². The number of aliphatic imine (C=N–C) groups is 1. The van der Waals surface area contributed by atoms with E-state index < -0.39 is 0 Å². The molecule has 0 radical (unpaired) electrons. The summed E-state index contributed by atoms with van der Waals surface area (Å²) in [6.45, 7) is 6.59. The number of amidine groups is 1. The molecule has 1 fully saturated rings. The minimum absolute atomic E-state index is 0.0669. The van der Waals surface area contributed by atoms with Gasteiger partial charge >= 0.3 is 0 Å². The van der Waals surface area contributed by atoms with E-state index >= 15 is 0 Å². The van der Waals surface area contributed by atoms with Crippen molar-refractivity contribution in [3.05, 3.63) is 58.0 Å². The van der Waals surface area contributed by atoms with Crippen LogP contribution in [-0.2, 0) is 4.79 Å². The monoisotopic (exact) mass is 382 g/mol. The summed E-state index contributed by atoms with van der Waals surface area (Å²) < 4.78 is 5.14. The van der Waals surface area contributed by atoms with Crippen molar-refractivity contribution >= 4 is 34.6 Å². The molecule has 1 heterocycles. The Hall–Kier alpha value is -2.73. The van der Waals surface area contributed by atoms with Crippen LogP contribution in [0.3, 0.4) is 0 Å². The summed E-state index contributed by atoms with van der Waals surface area (Å²) in [7, 11) is 1.49. The SMILES string of the molecule is CCN1C(=O)/C(=C\c2ccc(O)c(OC)c2)SC1=Nc1ccc(C)c(C)c1. The summed E-state index contributed by atoms with van der Waals surface area (Å²) in [6.07, 6.45) is 1.79. The number of likely N-dealkylation sites (N-methyl/N-ethyl adjacent to an activating group) is 1. The minimum atomic E-state index is -0.0721. The predicted molar refractivity (Wildman–Crippen MR) is 111 cm³/mol. The van der Waals surface area contributed by atoms with Crippen LogP contribution in [0, 0.1) is 13.8 Å². The highest BCUT2D eigenvalue weighted by atomic mass is 32.2. The molecule has 27 heavy (non-hydrogen) atoms. The first kappa shape index (κ1) is 19.0. The maximum atomic E-state index is 12.8. The number of thioether (sulfide) groups is 1. The molecular weight excluding hydrogens is 360 g/mol. The van der Waals surface area contributed by atoms with Crippen LogP contribution in [0.5, 0.6) is 11.5 Å². The van der Waals surface area contributed by atoms with Gasteiger partial charge < -0.3 is 9.84 Å². The maximum absolute atomic E-state index is 12.8. The Balaban J connectivity index is 1.94. The number of carbonyl (C=O) groups excluding carboxylic acids is 1. The van der Waals surface area contributed by atoms with Gasteiger partial charge in [-0.15, -0.1) is 0 Å². The van der Waals surface area contributed by atoms with E-state index in [9.17, 15) is 9.90 Å². The number of phenolic OH excluding ortho intramolecular Hbond substituents is 1. The number of rotatable bonds is 4. The highest BCUT2D eigenvalue weighted by molar-refractivity contribution is 8.18. The molecule has 1 aliphatic rings. The highest BCUT2D eigenvalue weighted by Gasteiger charge is 2.32. The second-order valence-corrected chi connectivity index (χ2v) is 7.26. The van der Waals surface area contributed by atoms with Crippen molar-refractivity contribution in [1.82, 2.24) is 4.90 Å². The predicted octanol–water partition coefficient (Wildman–Crippen LogP) is 4.64. The van der Waals surface area contributed by atoms with E-state index in [1.807, 2.05) is 32.0 Å². The van der Waals surface area contributed by atoms with Crippen LogP contribution in [0.2, 0.25) is 0 Å². The summed E-state index contributed by atoms with van der Waals surface area (Å²) in [5, 5.41) is 10.4. The van der Waals surface area contributed by atoms with E-state index in [1.165, 1.54) is 30.0 Å². The van der Waals surface area contributed by atoms with Crippen LogP contribution in [0.25, 0.3) is 6.08 Å². The maximum Gasteiger partial charge on any atom is 0.266 e. The van der Waals surface area contributed by atoms with E-state index in [4.69, 9.17) is 4.74 Å². The molecule has 0 aliphatic carbocycles. The van der Waals surface area contributed by atoms with Gasteiger partial charge in [-0.25, -0.2) is 4.99 Å². The number of ether oxygens (including phenoxy) is 1. The summed E-state index contributed by atoms with van der Waals surface area (Å²) in [4.78, 5) is 19.7. The summed E-state index contributed by atoms with van der Waals surface area (Å²) in [6, 6.07) is 11.0. The van der Waals surface area contributed by atoms with E-state index in [0.717, 1.165) is 11.3 Å². The zero-order chi connectivity index (χ0) is 19.6. The second kappa shape index (κ2) is 7.88.